The first-order valence-electron chi connectivity index (χ1n) is 10.1. The van der Waals surface area contributed by atoms with Crippen molar-refractivity contribution in [1.29, 1.82) is 0 Å². The third kappa shape index (κ3) is 5.90. The van der Waals surface area contributed by atoms with Crippen molar-refractivity contribution in [3.8, 4) is 11.5 Å². The highest BCUT2D eigenvalue weighted by atomic mass is 79.9. The van der Waals surface area contributed by atoms with E-state index in [1.165, 1.54) is 49.6 Å². The van der Waals surface area contributed by atoms with Crippen molar-refractivity contribution in [3.05, 3.63) is 91.2 Å². The highest BCUT2D eigenvalue weighted by molar-refractivity contribution is 9.10. The van der Waals surface area contributed by atoms with Crippen LogP contribution >= 0.6 is 50.9 Å². The number of ether oxygens (including phenoxy) is 1. The van der Waals surface area contributed by atoms with Gasteiger partial charge in [0.25, 0.3) is 11.1 Å². The standard InChI is InChI=1S/C24H16BrCl2NO6S2/c1-33-20-11-15(10-19(27)22(20)34-36(31,32)18-8-6-17(26)7-9-18)12-21-23(29)28(24(30)35-21)13-14-2-4-16(25)5-3-14/h2-12H,13H2,1H3/b21-12-. The van der Waals surface area contributed by atoms with Crippen LogP contribution in [0.15, 0.2) is 74.9 Å². The summed E-state index contributed by atoms with van der Waals surface area (Å²) in [5.41, 5.74) is 1.22. The average Bonchev–Trinajstić information content (AvgIpc) is 3.09. The SMILES string of the molecule is COc1cc(/C=C2\SC(=O)N(Cc3ccc(Br)cc3)C2=O)cc(Cl)c1OS(=O)(=O)c1ccc(Cl)cc1. The number of nitrogens with zero attached hydrogens (tertiary/aromatic N) is 1. The number of carbonyl (C=O) groups excluding carboxylic acids is 2. The van der Waals surface area contributed by atoms with Crippen molar-refractivity contribution in [2.24, 2.45) is 0 Å². The van der Waals surface area contributed by atoms with Crippen molar-refractivity contribution in [3.63, 3.8) is 0 Å². The van der Waals surface area contributed by atoms with Gasteiger partial charge in [-0.25, -0.2) is 0 Å². The minimum Gasteiger partial charge on any atom is -0.493 e. The molecule has 3 aromatic rings. The van der Waals surface area contributed by atoms with E-state index in [1.54, 1.807) is 0 Å². The Morgan fingerprint density at radius 3 is 2.33 bits per heavy atom. The number of rotatable bonds is 7. The van der Waals surface area contributed by atoms with Gasteiger partial charge >= 0.3 is 10.1 Å². The second-order valence-electron chi connectivity index (χ2n) is 7.42. The quantitative estimate of drug-likeness (QED) is 0.211. The van der Waals surface area contributed by atoms with Gasteiger partial charge in [0.15, 0.2) is 5.75 Å². The second kappa shape index (κ2) is 10.9. The number of methoxy groups -OCH3 is 1. The highest BCUT2D eigenvalue weighted by Crippen LogP contribution is 2.40. The number of imide groups is 1. The van der Waals surface area contributed by atoms with Crippen LogP contribution in [0.3, 0.4) is 0 Å². The first-order valence-corrected chi connectivity index (χ1v) is 13.9. The smallest absolute Gasteiger partial charge is 0.339 e. The van der Waals surface area contributed by atoms with E-state index >= 15 is 0 Å². The molecule has 1 fully saturated rings. The van der Waals surface area contributed by atoms with Gasteiger partial charge in [-0.1, -0.05) is 51.3 Å². The molecule has 36 heavy (non-hydrogen) atoms. The Kier molecular flexibility index (Phi) is 8.01. The van der Waals surface area contributed by atoms with Crippen LogP contribution in [0, 0.1) is 0 Å². The first-order chi connectivity index (χ1) is 17.1. The summed E-state index contributed by atoms with van der Waals surface area (Å²) in [7, 11) is -2.90. The summed E-state index contributed by atoms with van der Waals surface area (Å²) in [5, 5.41) is -0.0938. The fourth-order valence-electron chi connectivity index (χ4n) is 3.22. The fraction of sp³-hybridized carbons (Fsp3) is 0.0833. The summed E-state index contributed by atoms with van der Waals surface area (Å²) in [6.07, 6.45) is 1.48. The lowest BCUT2D eigenvalue weighted by molar-refractivity contribution is -0.123. The molecule has 3 aromatic carbocycles. The number of thioether (sulfide) groups is 1. The lowest BCUT2D eigenvalue weighted by Gasteiger charge is -2.14. The molecule has 12 heteroatoms. The van der Waals surface area contributed by atoms with Crippen LogP contribution in [0.25, 0.3) is 6.08 Å². The molecule has 0 N–H and O–H groups in total. The molecule has 0 spiro atoms. The molecule has 1 aliphatic rings. The van der Waals surface area contributed by atoms with Gasteiger partial charge in [0.1, 0.15) is 4.90 Å². The normalized spacial score (nSPS) is 15.0. The van der Waals surface area contributed by atoms with Gasteiger partial charge in [-0.15, -0.1) is 0 Å². The fourth-order valence-corrected chi connectivity index (χ4v) is 5.71. The van der Waals surface area contributed by atoms with Crippen molar-refractivity contribution in [1.82, 2.24) is 4.90 Å². The minimum atomic E-state index is -4.23. The molecule has 0 aliphatic carbocycles. The van der Waals surface area contributed by atoms with Gasteiger partial charge < -0.3 is 8.92 Å². The van der Waals surface area contributed by atoms with Gasteiger partial charge in [0, 0.05) is 9.50 Å². The van der Waals surface area contributed by atoms with Crippen molar-refractivity contribution >= 4 is 78.2 Å². The van der Waals surface area contributed by atoms with Crippen LogP contribution < -0.4 is 8.92 Å². The number of halogens is 3. The van der Waals surface area contributed by atoms with Crippen molar-refractivity contribution in [2.75, 3.05) is 7.11 Å². The molecule has 0 atom stereocenters. The molecule has 1 aliphatic heterocycles. The first kappa shape index (κ1) is 26.6. The molecule has 1 saturated heterocycles. The van der Waals surface area contributed by atoms with Crippen LogP contribution in [-0.2, 0) is 21.5 Å². The van der Waals surface area contributed by atoms with Crippen LogP contribution in [0.2, 0.25) is 10.0 Å². The number of benzene rings is 3. The molecular formula is C24H16BrCl2NO6S2. The number of hydrogen-bond donors (Lipinski definition) is 0. The Morgan fingerprint density at radius 1 is 1.03 bits per heavy atom. The number of amides is 2. The Hall–Kier alpha value is -2.50. The van der Waals surface area contributed by atoms with E-state index in [0.717, 1.165) is 26.7 Å². The maximum atomic E-state index is 12.9. The zero-order valence-electron chi connectivity index (χ0n) is 18.4. The summed E-state index contributed by atoms with van der Waals surface area (Å²) in [6.45, 7) is 0.134. The minimum absolute atomic E-state index is 0.0281. The van der Waals surface area contributed by atoms with Gasteiger partial charge in [-0.3, -0.25) is 14.5 Å². The van der Waals surface area contributed by atoms with Gasteiger partial charge in [-0.05, 0) is 77.5 Å². The molecule has 2 amide bonds. The maximum absolute atomic E-state index is 12.9. The second-order valence-corrected chi connectivity index (χ2v) is 11.7. The highest BCUT2D eigenvalue weighted by Gasteiger charge is 2.35. The molecule has 0 saturated carbocycles. The van der Waals surface area contributed by atoms with E-state index in [0.29, 0.717) is 10.6 Å². The Balaban J connectivity index is 1.59. The molecule has 4 rings (SSSR count). The van der Waals surface area contributed by atoms with E-state index in [4.69, 9.17) is 32.1 Å². The summed E-state index contributed by atoms with van der Waals surface area (Å²) < 4.78 is 36.8. The predicted molar refractivity (Wildman–Crippen MR) is 143 cm³/mol. The van der Waals surface area contributed by atoms with Crippen molar-refractivity contribution in [2.45, 2.75) is 11.4 Å². The van der Waals surface area contributed by atoms with Crippen molar-refractivity contribution < 1.29 is 26.9 Å². The van der Waals surface area contributed by atoms with E-state index in [1.807, 2.05) is 24.3 Å². The molecule has 0 unspecified atom stereocenters. The molecule has 0 radical (unpaired) electrons. The van der Waals surface area contributed by atoms with E-state index in [2.05, 4.69) is 15.9 Å². The van der Waals surface area contributed by atoms with E-state index < -0.39 is 21.3 Å². The average molecular weight is 629 g/mol. The summed E-state index contributed by atoms with van der Waals surface area (Å²) >= 11 is 16.3. The Labute approximate surface area is 230 Å². The molecule has 0 aromatic heterocycles. The molecule has 1 heterocycles. The van der Waals surface area contributed by atoms with Gasteiger partial charge in [0.2, 0.25) is 5.75 Å². The molecular weight excluding hydrogens is 613 g/mol. The summed E-state index contributed by atoms with van der Waals surface area (Å²) in [6, 6.07) is 15.6. The predicted octanol–water partition coefficient (Wildman–Crippen LogP) is 6.77. The van der Waals surface area contributed by atoms with Crippen LogP contribution in [0.1, 0.15) is 11.1 Å². The van der Waals surface area contributed by atoms with Crippen LogP contribution in [-0.4, -0.2) is 31.6 Å². The lowest BCUT2D eigenvalue weighted by Crippen LogP contribution is -2.27. The van der Waals surface area contributed by atoms with Crippen LogP contribution in [0.5, 0.6) is 11.5 Å². The Morgan fingerprint density at radius 2 is 1.69 bits per heavy atom. The lowest BCUT2D eigenvalue weighted by atomic mass is 10.1. The molecule has 186 valence electrons. The maximum Gasteiger partial charge on any atom is 0.339 e. The molecule has 0 bridgehead atoms. The zero-order valence-corrected chi connectivity index (χ0v) is 23.1. The third-order valence-electron chi connectivity index (χ3n) is 4.97. The molecule has 7 nitrogen and oxygen atoms in total. The summed E-state index contributed by atoms with van der Waals surface area (Å²) in [5.74, 6) is -0.636. The zero-order chi connectivity index (χ0) is 26.0. The van der Waals surface area contributed by atoms with Crippen LogP contribution in [0.4, 0.5) is 4.79 Å². The third-order valence-corrected chi connectivity index (χ3v) is 8.18. The van der Waals surface area contributed by atoms with E-state index in [-0.39, 0.29) is 32.9 Å². The summed E-state index contributed by atoms with van der Waals surface area (Å²) in [4.78, 5) is 26.6. The monoisotopic (exact) mass is 627 g/mol. The van der Waals surface area contributed by atoms with Gasteiger partial charge in [0.05, 0.1) is 23.6 Å². The largest absolute Gasteiger partial charge is 0.493 e. The number of carbonyl (C=O) groups is 2. The topological polar surface area (TPSA) is 90.0 Å². The Bertz CT molecular complexity index is 1480. The number of hydrogen-bond acceptors (Lipinski definition) is 7. The van der Waals surface area contributed by atoms with E-state index in [9.17, 15) is 18.0 Å². The van der Waals surface area contributed by atoms with Gasteiger partial charge in [-0.2, -0.15) is 8.42 Å².